The summed E-state index contributed by atoms with van der Waals surface area (Å²) in [6.45, 7) is -1.06. The highest BCUT2D eigenvalue weighted by Gasteiger charge is 2.46. The van der Waals surface area contributed by atoms with Crippen LogP contribution >= 0.6 is 0 Å². The summed E-state index contributed by atoms with van der Waals surface area (Å²) in [7, 11) is 0. The fourth-order valence-corrected chi connectivity index (χ4v) is 3.67. The molecule has 15 heteroatoms. The minimum Gasteiger partial charge on any atom is -0.484 e. The van der Waals surface area contributed by atoms with E-state index in [1.807, 2.05) is 12.1 Å². The van der Waals surface area contributed by atoms with Gasteiger partial charge in [-0.05, 0) is 12.1 Å². The molecule has 0 bridgehead atoms. The molecule has 0 aliphatic carbocycles. The van der Waals surface area contributed by atoms with Crippen molar-refractivity contribution in [1.29, 1.82) is 5.26 Å². The number of ether oxygens (including phenoxy) is 5. The molecule has 2 aromatic heterocycles. The van der Waals surface area contributed by atoms with Gasteiger partial charge in [-0.3, -0.25) is 24.5 Å². The quantitative estimate of drug-likeness (QED) is 0.165. The molecule has 202 valence electrons. The molecule has 15 nitrogen and oxygen atoms in total. The van der Waals surface area contributed by atoms with Crippen molar-refractivity contribution < 1.29 is 38.7 Å². The number of hydrogen-bond donors (Lipinski definition) is 4. The number of aromatic amines is 1. The van der Waals surface area contributed by atoms with Crippen LogP contribution < -0.4 is 15.6 Å². The lowest BCUT2D eigenvalue weighted by molar-refractivity contribution is -0.174. The number of aliphatic hydroxyl groups is 2. The van der Waals surface area contributed by atoms with Gasteiger partial charge in [0.05, 0.1) is 32.0 Å². The van der Waals surface area contributed by atoms with Gasteiger partial charge in [0.1, 0.15) is 37.6 Å². The number of nitrogens with one attached hydrogen (secondary N) is 2. The molecule has 3 heterocycles. The molecule has 4 atom stereocenters. The van der Waals surface area contributed by atoms with E-state index in [1.54, 1.807) is 24.3 Å². The summed E-state index contributed by atoms with van der Waals surface area (Å²) in [6.07, 6.45) is -2.85. The second kappa shape index (κ2) is 13.1. The highest BCUT2D eigenvalue weighted by Crippen LogP contribution is 2.33. The van der Waals surface area contributed by atoms with E-state index in [1.165, 1.54) is 10.9 Å². The number of aromatic nitrogens is 4. The minimum absolute atomic E-state index is 0.0400. The predicted molar refractivity (Wildman–Crippen MR) is 128 cm³/mol. The van der Waals surface area contributed by atoms with E-state index >= 15 is 0 Å². The first-order chi connectivity index (χ1) is 18.5. The third-order valence-corrected chi connectivity index (χ3v) is 5.44. The van der Waals surface area contributed by atoms with Gasteiger partial charge in [-0.25, -0.2) is 4.98 Å². The Hall–Kier alpha value is -3.91. The van der Waals surface area contributed by atoms with Crippen molar-refractivity contribution in [2.45, 2.75) is 31.0 Å². The zero-order valence-corrected chi connectivity index (χ0v) is 20.1. The number of imidazole rings is 1. The summed E-state index contributed by atoms with van der Waals surface area (Å²) in [4.78, 5) is 35.8. The van der Waals surface area contributed by atoms with Crippen LogP contribution in [0.3, 0.4) is 0 Å². The van der Waals surface area contributed by atoms with Gasteiger partial charge in [0.25, 0.3) is 11.5 Å². The monoisotopic (exact) mass is 530 g/mol. The number of amides is 1. The van der Waals surface area contributed by atoms with Crippen LogP contribution in [0, 0.1) is 11.3 Å². The summed E-state index contributed by atoms with van der Waals surface area (Å²) in [6, 6.07) is 10.7. The van der Waals surface area contributed by atoms with Crippen LogP contribution in [0.25, 0.3) is 11.2 Å². The van der Waals surface area contributed by atoms with E-state index in [0.29, 0.717) is 5.75 Å². The van der Waals surface area contributed by atoms with Crippen molar-refractivity contribution in [2.75, 3.05) is 38.7 Å². The molecular formula is C23H26N6O9. The number of fused-ring (bicyclic) bond motifs is 1. The van der Waals surface area contributed by atoms with Crippen molar-refractivity contribution in [2.24, 2.45) is 0 Å². The number of anilines is 1. The van der Waals surface area contributed by atoms with Crippen LogP contribution in [0.1, 0.15) is 12.6 Å². The normalized spacial score (nSPS) is 20.9. The van der Waals surface area contributed by atoms with Crippen LogP contribution in [0.2, 0.25) is 0 Å². The number of rotatable bonds is 13. The van der Waals surface area contributed by atoms with E-state index in [4.69, 9.17) is 28.9 Å². The number of para-hydroxylation sites is 1. The minimum atomic E-state index is -1.25. The number of hydrogen-bond acceptors (Lipinski definition) is 12. The molecule has 0 spiro atoms. The largest absolute Gasteiger partial charge is 0.484 e. The Labute approximate surface area is 215 Å². The Morgan fingerprint density at radius 1 is 1.26 bits per heavy atom. The summed E-state index contributed by atoms with van der Waals surface area (Å²) < 4.78 is 28.5. The van der Waals surface area contributed by atoms with Crippen LogP contribution in [0.5, 0.6) is 5.75 Å². The second-order valence-electron chi connectivity index (χ2n) is 8.01. The Morgan fingerprint density at radius 2 is 2.08 bits per heavy atom. The second-order valence-corrected chi connectivity index (χ2v) is 8.01. The van der Waals surface area contributed by atoms with Gasteiger partial charge in [0.2, 0.25) is 5.95 Å². The van der Waals surface area contributed by atoms with E-state index in [-0.39, 0.29) is 50.3 Å². The molecule has 0 saturated carbocycles. The molecular weight excluding hydrogens is 504 g/mol. The van der Waals surface area contributed by atoms with Crippen molar-refractivity contribution in [3.8, 4) is 11.8 Å². The highest BCUT2D eigenvalue weighted by molar-refractivity contribution is 5.90. The zero-order valence-electron chi connectivity index (χ0n) is 20.1. The van der Waals surface area contributed by atoms with Gasteiger partial charge in [0.15, 0.2) is 24.0 Å². The maximum Gasteiger partial charge on any atom is 0.280 e. The topological polar surface area (TPSA) is 203 Å². The van der Waals surface area contributed by atoms with Gasteiger partial charge in [-0.1, -0.05) is 18.2 Å². The molecule has 0 unspecified atom stereocenters. The van der Waals surface area contributed by atoms with E-state index < -0.39 is 42.6 Å². The standard InChI is InChI=1S/C23H26N6O9/c24-7-4-8-34-12-35-13-37-19-18(32)15(9-30)38-22(19)29-11-25-17-20(29)27-23(28-21(17)33)26-16(31)10-36-14-5-2-1-3-6-14/h1-3,5-6,11,15,18-19,22,30,32H,4,8-10,12-13H2,(H2,26,27,28,31,33)/t15-,18+,19+,22-/m1/s1. The molecule has 1 amide bonds. The number of benzene rings is 1. The average Bonchev–Trinajstić information content (AvgIpc) is 3.48. The Kier molecular flexibility index (Phi) is 9.32. The van der Waals surface area contributed by atoms with E-state index in [9.17, 15) is 19.8 Å². The summed E-state index contributed by atoms with van der Waals surface area (Å²) in [5.74, 6) is -0.221. The third kappa shape index (κ3) is 6.50. The van der Waals surface area contributed by atoms with Crippen LogP contribution in [-0.4, -0.2) is 87.4 Å². The van der Waals surface area contributed by atoms with E-state index in [0.717, 1.165) is 0 Å². The number of nitriles is 1. The van der Waals surface area contributed by atoms with Gasteiger partial charge < -0.3 is 33.9 Å². The Balaban J connectivity index is 1.47. The van der Waals surface area contributed by atoms with Gasteiger partial charge in [0, 0.05) is 0 Å². The number of carbonyl (C=O) groups excluding carboxylic acids is 1. The Bertz CT molecular complexity index is 1310. The van der Waals surface area contributed by atoms with Gasteiger partial charge in [-0.15, -0.1) is 0 Å². The molecule has 0 radical (unpaired) electrons. The molecule has 38 heavy (non-hydrogen) atoms. The van der Waals surface area contributed by atoms with Crippen molar-refractivity contribution in [3.63, 3.8) is 0 Å². The number of nitrogens with zero attached hydrogens (tertiary/aromatic N) is 4. The maximum absolute atomic E-state index is 12.6. The number of aliphatic hydroxyl groups excluding tert-OH is 2. The molecule has 4 N–H and O–H groups in total. The van der Waals surface area contributed by atoms with Crippen LogP contribution in [0.4, 0.5) is 5.95 Å². The lowest BCUT2D eigenvalue weighted by Gasteiger charge is -2.22. The molecule has 3 aromatic rings. The maximum atomic E-state index is 12.6. The molecule has 4 rings (SSSR count). The van der Waals surface area contributed by atoms with Crippen molar-refractivity contribution in [3.05, 3.63) is 47.0 Å². The molecule has 1 aliphatic heterocycles. The first kappa shape index (κ1) is 27.1. The highest BCUT2D eigenvalue weighted by atomic mass is 16.7. The predicted octanol–water partition coefficient (Wildman–Crippen LogP) is -0.365. The number of H-pyrrole nitrogens is 1. The molecule has 1 saturated heterocycles. The van der Waals surface area contributed by atoms with Gasteiger partial charge >= 0.3 is 0 Å². The van der Waals surface area contributed by atoms with Crippen molar-refractivity contribution >= 4 is 23.0 Å². The third-order valence-electron chi connectivity index (χ3n) is 5.44. The SMILES string of the molecule is N#CCCOCOCO[C@H]1[C@@H](O)[C@@H](CO)O[C@H]1n1cnc2c(=O)[nH]c(NC(=O)COc3ccccc3)nc21. The smallest absolute Gasteiger partial charge is 0.280 e. The Morgan fingerprint density at radius 3 is 2.84 bits per heavy atom. The zero-order chi connectivity index (χ0) is 26.9. The first-order valence-electron chi connectivity index (χ1n) is 11.5. The van der Waals surface area contributed by atoms with Gasteiger partial charge in [-0.2, -0.15) is 10.2 Å². The van der Waals surface area contributed by atoms with Crippen LogP contribution in [0.15, 0.2) is 41.5 Å². The average molecular weight is 530 g/mol. The molecule has 1 fully saturated rings. The summed E-state index contributed by atoms with van der Waals surface area (Å²) >= 11 is 0. The lowest BCUT2D eigenvalue weighted by atomic mass is 10.1. The van der Waals surface area contributed by atoms with Crippen molar-refractivity contribution in [1.82, 2.24) is 19.5 Å². The van der Waals surface area contributed by atoms with E-state index in [2.05, 4.69) is 20.3 Å². The first-order valence-corrected chi connectivity index (χ1v) is 11.5. The summed E-state index contributed by atoms with van der Waals surface area (Å²) in [5.41, 5.74) is -0.631. The fraction of sp³-hybridized carbons (Fsp3) is 0.435. The summed E-state index contributed by atoms with van der Waals surface area (Å²) in [5, 5.41) is 31.2. The molecule has 1 aliphatic rings. The van der Waals surface area contributed by atoms with Crippen LogP contribution in [-0.2, 0) is 23.7 Å². The fourth-order valence-electron chi connectivity index (χ4n) is 3.67. The molecule has 1 aromatic carbocycles. The lowest BCUT2D eigenvalue weighted by Crippen LogP contribution is -2.36. The number of carbonyl (C=O) groups is 1.